The lowest BCUT2D eigenvalue weighted by atomic mass is 10.1. The minimum absolute atomic E-state index is 0.0596. The number of thiazole rings is 1. The lowest BCUT2D eigenvalue weighted by Crippen LogP contribution is -2.14. The highest BCUT2D eigenvalue weighted by Crippen LogP contribution is 2.40. The van der Waals surface area contributed by atoms with Crippen LogP contribution in [-0.4, -0.2) is 25.1 Å². The van der Waals surface area contributed by atoms with Crippen molar-refractivity contribution in [3.63, 3.8) is 0 Å². The number of amides is 1. The Kier molecular flexibility index (Phi) is 4.99. The van der Waals surface area contributed by atoms with Gasteiger partial charge in [-0.15, -0.1) is 11.3 Å². The molecule has 3 aromatic rings. The third-order valence-corrected chi connectivity index (χ3v) is 7.34. The molecule has 2 aromatic carbocycles. The van der Waals surface area contributed by atoms with Crippen molar-refractivity contribution in [3.05, 3.63) is 64.8 Å². The molecule has 144 valence electrons. The summed E-state index contributed by atoms with van der Waals surface area (Å²) in [5.41, 5.74) is 3.24. The molecule has 1 aliphatic carbocycles. The van der Waals surface area contributed by atoms with Crippen LogP contribution >= 0.6 is 11.3 Å². The molecule has 0 unspecified atom stereocenters. The number of fused-ring (bicyclic) bond motifs is 3. The van der Waals surface area contributed by atoms with Crippen molar-refractivity contribution >= 4 is 32.2 Å². The minimum atomic E-state index is -3.54. The molecule has 1 amide bonds. The van der Waals surface area contributed by atoms with Gasteiger partial charge >= 0.3 is 0 Å². The van der Waals surface area contributed by atoms with Crippen LogP contribution in [0.15, 0.2) is 53.4 Å². The summed E-state index contributed by atoms with van der Waals surface area (Å²) >= 11 is 1.45. The van der Waals surface area contributed by atoms with E-state index < -0.39 is 15.7 Å². The van der Waals surface area contributed by atoms with Crippen LogP contribution in [0, 0.1) is 5.82 Å². The van der Waals surface area contributed by atoms with Gasteiger partial charge in [0.25, 0.3) is 0 Å². The Morgan fingerprint density at radius 2 is 1.89 bits per heavy atom. The molecule has 0 spiro atoms. The number of rotatable bonds is 6. The van der Waals surface area contributed by atoms with Crippen molar-refractivity contribution in [2.24, 2.45) is 0 Å². The summed E-state index contributed by atoms with van der Waals surface area (Å²) in [4.78, 5) is 17.9. The molecule has 0 aliphatic heterocycles. The number of carbonyl (C=O) groups excluding carboxylic acids is 1. The first-order valence-corrected chi connectivity index (χ1v) is 11.3. The zero-order chi connectivity index (χ0) is 19.7. The van der Waals surface area contributed by atoms with Gasteiger partial charge in [0.2, 0.25) is 5.91 Å². The van der Waals surface area contributed by atoms with Gasteiger partial charge in [-0.2, -0.15) is 0 Å². The van der Waals surface area contributed by atoms with E-state index in [-0.39, 0.29) is 29.4 Å². The standard InChI is InChI=1S/C20H17FN2O3S2/c21-14-7-9-15(10-8-14)28(25,26)11-3-6-18(24)22-20-23-19-16-5-2-1-4-13(16)12-17(19)27-20/h1-2,4-5,7-10H,3,6,11-12H2,(H,22,23,24). The average molecular weight is 416 g/mol. The molecule has 0 bridgehead atoms. The van der Waals surface area contributed by atoms with E-state index in [2.05, 4.69) is 16.4 Å². The summed E-state index contributed by atoms with van der Waals surface area (Å²) < 4.78 is 37.4. The van der Waals surface area contributed by atoms with E-state index in [1.165, 1.54) is 29.0 Å². The normalized spacial score (nSPS) is 12.5. The first-order chi connectivity index (χ1) is 13.4. The summed E-state index contributed by atoms with van der Waals surface area (Å²) in [6.07, 6.45) is 1.07. The molecular weight excluding hydrogens is 399 g/mol. The highest BCUT2D eigenvalue weighted by molar-refractivity contribution is 7.91. The predicted octanol–water partition coefficient (Wildman–Crippen LogP) is 4.05. The number of halogens is 1. The second-order valence-corrected chi connectivity index (χ2v) is 9.74. The van der Waals surface area contributed by atoms with E-state index in [9.17, 15) is 17.6 Å². The van der Waals surface area contributed by atoms with Gasteiger partial charge in [0.15, 0.2) is 15.0 Å². The number of hydrogen-bond donors (Lipinski definition) is 1. The molecule has 5 nitrogen and oxygen atoms in total. The Hall–Kier alpha value is -2.58. The van der Waals surface area contributed by atoms with Crippen LogP contribution < -0.4 is 5.32 Å². The van der Waals surface area contributed by atoms with Gasteiger partial charge in [-0.25, -0.2) is 17.8 Å². The minimum Gasteiger partial charge on any atom is -0.302 e. The van der Waals surface area contributed by atoms with Crippen molar-refractivity contribution in [1.82, 2.24) is 4.98 Å². The molecule has 8 heteroatoms. The number of sulfone groups is 1. The summed E-state index contributed by atoms with van der Waals surface area (Å²) in [5.74, 6) is -0.931. The Bertz CT molecular complexity index is 1140. The molecule has 0 saturated heterocycles. The fraction of sp³-hybridized carbons (Fsp3) is 0.200. The van der Waals surface area contributed by atoms with Gasteiger partial charge < -0.3 is 5.32 Å². The summed E-state index contributed by atoms with van der Waals surface area (Å²) in [7, 11) is -3.54. The number of hydrogen-bond acceptors (Lipinski definition) is 5. The van der Waals surface area contributed by atoms with E-state index in [0.29, 0.717) is 5.13 Å². The van der Waals surface area contributed by atoms with Crippen molar-refractivity contribution in [2.75, 3.05) is 11.1 Å². The topological polar surface area (TPSA) is 76.1 Å². The Morgan fingerprint density at radius 1 is 1.14 bits per heavy atom. The number of carbonyl (C=O) groups is 1. The molecule has 0 radical (unpaired) electrons. The first kappa shape index (κ1) is 18.8. The van der Waals surface area contributed by atoms with Crippen LogP contribution in [0.3, 0.4) is 0 Å². The lowest BCUT2D eigenvalue weighted by Gasteiger charge is -2.05. The summed E-state index contributed by atoms with van der Waals surface area (Å²) in [6, 6.07) is 12.7. The molecule has 0 atom stereocenters. The quantitative estimate of drug-likeness (QED) is 0.481. The van der Waals surface area contributed by atoms with E-state index in [0.717, 1.165) is 34.7 Å². The second-order valence-electron chi connectivity index (χ2n) is 6.55. The zero-order valence-electron chi connectivity index (χ0n) is 14.8. The van der Waals surface area contributed by atoms with Crippen LogP contribution in [0.4, 0.5) is 9.52 Å². The van der Waals surface area contributed by atoms with Crippen LogP contribution in [-0.2, 0) is 21.1 Å². The highest BCUT2D eigenvalue weighted by atomic mass is 32.2. The van der Waals surface area contributed by atoms with Crippen molar-refractivity contribution in [1.29, 1.82) is 0 Å². The van der Waals surface area contributed by atoms with Gasteiger partial charge in [-0.3, -0.25) is 4.79 Å². The molecule has 1 N–H and O–H groups in total. The van der Waals surface area contributed by atoms with Crippen molar-refractivity contribution in [3.8, 4) is 11.3 Å². The molecular formula is C20H17FN2O3S2. The lowest BCUT2D eigenvalue weighted by molar-refractivity contribution is -0.116. The van der Waals surface area contributed by atoms with Crippen molar-refractivity contribution in [2.45, 2.75) is 24.2 Å². The highest BCUT2D eigenvalue weighted by Gasteiger charge is 2.23. The maximum Gasteiger partial charge on any atom is 0.226 e. The zero-order valence-corrected chi connectivity index (χ0v) is 16.4. The molecule has 1 heterocycles. The third kappa shape index (κ3) is 3.83. The van der Waals surface area contributed by atoms with Gasteiger partial charge in [0.1, 0.15) is 5.82 Å². The van der Waals surface area contributed by atoms with Crippen LogP contribution in [0.5, 0.6) is 0 Å². The third-order valence-electron chi connectivity index (χ3n) is 4.56. The summed E-state index contributed by atoms with van der Waals surface area (Å²) in [6.45, 7) is 0. The number of benzene rings is 2. The van der Waals surface area contributed by atoms with E-state index >= 15 is 0 Å². The van der Waals surface area contributed by atoms with E-state index in [4.69, 9.17) is 0 Å². The number of aromatic nitrogens is 1. The van der Waals surface area contributed by atoms with Gasteiger partial charge in [0.05, 0.1) is 16.3 Å². The maximum absolute atomic E-state index is 12.9. The average Bonchev–Trinajstić information content (AvgIpc) is 3.19. The molecule has 28 heavy (non-hydrogen) atoms. The Labute approximate surface area is 166 Å². The van der Waals surface area contributed by atoms with Crippen molar-refractivity contribution < 1.29 is 17.6 Å². The van der Waals surface area contributed by atoms with Gasteiger partial charge in [-0.05, 0) is 36.2 Å². The van der Waals surface area contributed by atoms with Gasteiger partial charge in [0, 0.05) is 23.3 Å². The number of nitrogens with one attached hydrogen (secondary N) is 1. The largest absolute Gasteiger partial charge is 0.302 e. The SMILES string of the molecule is O=C(CCCS(=O)(=O)c1ccc(F)cc1)Nc1nc2c(s1)Cc1ccccc1-2. The number of nitrogens with zero attached hydrogens (tertiary/aromatic N) is 1. The summed E-state index contributed by atoms with van der Waals surface area (Å²) in [5, 5.41) is 3.29. The molecule has 0 fully saturated rings. The van der Waals surface area contributed by atoms with Crippen LogP contribution in [0.2, 0.25) is 0 Å². The molecule has 0 saturated carbocycles. The Balaban J connectivity index is 1.33. The first-order valence-electron chi connectivity index (χ1n) is 8.78. The predicted molar refractivity (Wildman–Crippen MR) is 107 cm³/mol. The Morgan fingerprint density at radius 3 is 2.68 bits per heavy atom. The van der Waals surface area contributed by atoms with Crippen LogP contribution in [0.25, 0.3) is 11.3 Å². The second kappa shape index (κ2) is 7.44. The fourth-order valence-corrected chi connectivity index (χ4v) is 5.50. The fourth-order valence-electron chi connectivity index (χ4n) is 3.18. The molecule has 4 rings (SSSR count). The maximum atomic E-state index is 12.9. The van der Waals surface area contributed by atoms with Gasteiger partial charge in [-0.1, -0.05) is 24.3 Å². The molecule has 1 aliphatic rings. The molecule has 1 aromatic heterocycles. The number of anilines is 1. The monoisotopic (exact) mass is 416 g/mol. The van der Waals surface area contributed by atoms with E-state index in [1.807, 2.05) is 18.2 Å². The smallest absolute Gasteiger partial charge is 0.226 e. The van der Waals surface area contributed by atoms with E-state index in [1.54, 1.807) is 0 Å². The van der Waals surface area contributed by atoms with Crippen LogP contribution in [0.1, 0.15) is 23.3 Å².